The summed E-state index contributed by atoms with van der Waals surface area (Å²) in [6.45, 7) is 8.20. The molecule has 1 aromatic heterocycles. The van der Waals surface area contributed by atoms with Crippen molar-refractivity contribution >= 4 is 11.9 Å². The van der Waals surface area contributed by atoms with E-state index in [2.05, 4.69) is 10.4 Å². The lowest BCUT2D eigenvalue weighted by molar-refractivity contribution is -0.139. The smallest absolute Gasteiger partial charge is 0.326 e. The van der Waals surface area contributed by atoms with Gasteiger partial charge in [-0.05, 0) is 27.2 Å². The summed E-state index contributed by atoms with van der Waals surface area (Å²) in [4.78, 5) is 23.6. The molecule has 1 atom stereocenters. The Hall–Kier alpha value is -1.89. The van der Waals surface area contributed by atoms with Crippen LogP contribution in [0.3, 0.4) is 0 Å². The average Bonchev–Trinajstić information content (AvgIpc) is 2.86. The summed E-state index contributed by atoms with van der Waals surface area (Å²) in [6, 6.07) is -0.977. The van der Waals surface area contributed by atoms with E-state index in [4.69, 9.17) is 9.84 Å². The van der Waals surface area contributed by atoms with E-state index in [1.165, 1.54) is 13.3 Å². The molecule has 0 radical (unpaired) electrons. The molecule has 0 saturated carbocycles. The average molecular weight is 311 g/mol. The van der Waals surface area contributed by atoms with E-state index in [0.29, 0.717) is 12.0 Å². The second-order valence-electron chi connectivity index (χ2n) is 6.09. The molecule has 0 aliphatic rings. The summed E-state index contributed by atoms with van der Waals surface area (Å²) in [5.74, 6) is -1.50. The SMILES string of the molecule is CCc1c(C(=O)NC(CCOC)C(=O)O)cnn1C(C)(C)C. The van der Waals surface area contributed by atoms with E-state index in [0.717, 1.165) is 5.69 Å². The summed E-state index contributed by atoms with van der Waals surface area (Å²) in [5.41, 5.74) is 0.966. The summed E-state index contributed by atoms with van der Waals surface area (Å²) < 4.78 is 6.67. The van der Waals surface area contributed by atoms with E-state index < -0.39 is 17.9 Å². The van der Waals surface area contributed by atoms with Gasteiger partial charge in [-0.2, -0.15) is 5.10 Å². The number of ether oxygens (including phenoxy) is 1. The Bertz CT molecular complexity index is 531. The molecular formula is C15H25N3O4. The monoisotopic (exact) mass is 311 g/mol. The lowest BCUT2D eigenvalue weighted by Gasteiger charge is -2.22. The molecule has 0 saturated heterocycles. The number of carbonyl (C=O) groups excluding carboxylic acids is 1. The van der Waals surface area contributed by atoms with Gasteiger partial charge in [0.05, 0.1) is 23.0 Å². The summed E-state index contributed by atoms with van der Waals surface area (Å²) in [5, 5.41) is 16.0. The molecule has 0 spiro atoms. The lowest BCUT2D eigenvalue weighted by atomic mass is 10.1. The number of hydrogen-bond acceptors (Lipinski definition) is 4. The van der Waals surface area contributed by atoms with Crippen LogP contribution >= 0.6 is 0 Å². The van der Waals surface area contributed by atoms with Crippen LogP contribution in [0.5, 0.6) is 0 Å². The Kier molecular flexibility index (Phi) is 6.11. The van der Waals surface area contributed by atoms with Crippen LogP contribution in [0, 0.1) is 0 Å². The van der Waals surface area contributed by atoms with Gasteiger partial charge in [0, 0.05) is 20.1 Å². The highest BCUT2D eigenvalue weighted by Crippen LogP contribution is 2.19. The van der Waals surface area contributed by atoms with Gasteiger partial charge in [-0.3, -0.25) is 9.48 Å². The number of aromatic nitrogens is 2. The molecule has 1 rings (SSSR count). The Morgan fingerprint density at radius 3 is 2.55 bits per heavy atom. The van der Waals surface area contributed by atoms with Crippen molar-refractivity contribution < 1.29 is 19.4 Å². The van der Waals surface area contributed by atoms with Gasteiger partial charge in [0.1, 0.15) is 6.04 Å². The molecule has 1 heterocycles. The first kappa shape index (κ1) is 18.2. The molecule has 7 heteroatoms. The molecule has 0 bridgehead atoms. The van der Waals surface area contributed by atoms with Gasteiger partial charge in [-0.25, -0.2) is 4.79 Å². The molecule has 22 heavy (non-hydrogen) atoms. The number of nitrogens with zero attached hydrogens (tertiary/aromatic N) is 2. The van der Waals surface area contributed by atoms with Crippen LogP contribution in [-0.4, -0.2) is 46.5 Å². The van der Waals surface area contributed by atoms with E-state index in [-0.39, 0.29) is 18.6 Å². The highest BCUT2D eigenvalue weighted by Gasteiger charge is 2.26. The number of rotatable bonds is 7. The van der Waals surface area contributed by atoms with Crippen molar-refractivity contribution in [1.82, 2.24) is 15.1 Å². The van der Waals surface area contributed by atoms with Gasteiger partial charge < -0.3 is 15.2 Å². The van der Waals surface area contributed by atoms with Crippen LogP contribution in [0.15, 0.2) is 6.20 Å². The van der Waals surface area contributed by atoms with Gasteiger partial charge in [0.25, 0.3) is 5.91 Å². The largest absolute Gasteiger partial charge is 0.480 e. The maximum atomic E-state index is 12.4. The molecule has 0 aliphatic carbocycles. The van der Waals surface area contributed by atoms with Crippen molar-refractivity contribution in [2.24, 2.45) is 0 Å². The van der Waals surface area contributed by atoms with Crippen LogP contribution in [0.4, 0.5) is 0 Å². The summed E-state index contributed by atoms with van der Waals surface area (Å²) in [7, 11) is 1.49. The third kappa shape index (κ3) is 4.30. The zero-order valence-corrected chi connectivity index (χ0v) is 13.8. The van der Waals surface area contributed by atoms with Gasteiger partial charge in [0.2, 0.25) is 0 Å². The Morgan fingerprint density at radius 2 is 2.09 bits per heavy atom. The number of carboxylic acid groups (broad SMARTS) is 1. The minimum Gasteiger partial charge on any atom is -0.480 e. The van der Waals surface area contributed by atoms with Crippen molar-refractivity contribution in [2.75, 3.05) is 13.7 Å². The molecule has 0 aromatic carbocycles. The highest BCUT2D eigenvalue weighted by molar-refractivity contribution is 5.97. The minimum absolute atomic E-state index is 0.215. The van der Waals surface area contributed by atoms with Crippen LogP contribution < -0.4 is 5.32 Å². The van der Waals surface area contributed by atoms with Crippen molar-refractivity contribution in [1.29, 1.82) is 0 Å². The van der Waals surface area contributed by atoms with E-state index in [1.54, 1.807) is 4.68 Å². The van der Waals surface area contributed by atoms with E-state index in [1.807, 2.05) is 27.7 Å². The van der Waals surface area contributed by atoms with Crippen molar-refractivity contribution in [3.63, 3.8) is 0 Å². The van der Waals surface area contributed by atoms with E-state index in [9.17, 15) is 9.59 Å². The predicted molar refractivity (Wildman–Crippen MR) is 82.0 cm³/mol. The molecule has 2 N–H and O–H groups in total. The molecule has 0 aliphatic heterocycles. The van der Waals surface area contributed by atoms with Crippen molar-refractivity contribution in [3.8, 4) is 0 Å². The second kappa shape index (κ2) is 7.40. The maximum Gasteiger partial charge on any atom is 0.326 e. The Labute approximate surface area is 130 Å². The zero-order valence-electron chi connectivity index (χ0n) is 13.8. The predicted octanol–water partition coefficient (Wildman–Crippen LogP) is 1.42. The van der Waals surface area contributed by atoms with Crippen molar-refractivity contribution in [2.45, 2.75) is 52.1 Å². The number of nitrogens with one attached hydrogen (secondary N) is 1. The van der Waals surface area contributed by atoms with Gasteiger partial charge in [0.15, 0.2) is 0 Å². The second-order valence-corrected chi connectivity index (χ2v) is 6.09. The number of aliphatic carboxylic acids is 1. The molecule has 1 unspecified atom stereocenters. The highest BCUT2D eigenvalue weighted by atomic mass is 16.5. The Morgan fingerprint density at radius 1 is 1.45 bits per heavy atom. The van der Waals surface area contributed by atoms with Crippen LogP contribution in [0.1, 0.15) is 50.2 Å². The first-order valence-electron chi connectivity index (χ1n) is 7.32. The molecule has 124 valence electrons. The summed E-state index contributed by atoms with van der Waals surface area (Å²) >= 11 is 0. The fourth-order valence-corrected chi connectivity index (χ4v) is 2.21. The Balaban J connectivity index is 2.98. The number of carbonyl (C=O) groups is 2. The third-order valence-electron chi connectivity index (χ3n) is 3.30. The number of amides is 1. The first-order valence-corrected chi connectivity index (χ1v) is 7.32. The number of methoxy groups -OCH3 is 1. The summed E-state index contributed by atoms with van der Waals surface area (Å²) in [6.07, 6.45) is 2.34. The van der Waals surface area contributed by atoms with Gasteiger partial charge in [-0.1, -0.05) is 6.92 Å². The lowest BCUT2D eigenvalue weighted by Crippen LogP contribution is -2.41. The zero-order chi connectivity index (χ0) is 16.9. The fourth-order valence-electron chi connectivity index (χ4n) is 2.21. The molecular weight excluding hydrogens is 286 g/mol. The molecule has 7 nitrogen and oxygen atoms in total. The fraction of sp³-hybridized carbons (Fsp3) is 0.667. The topological polar surface area (TPSA) is 93.4 Å². The number of hydrogen-bond donors (Lipinski definition) is 2. The molecule has 0 fully saturated rings. The van der Waals surface area contributed by atoms with Crippen LogP contribution in [-0.2, 0) is 21.5 Å². The first-order chi connectivity index (χ1) is 10.2. The maximum absolute atomic E-state index is 12.4. The van der Waals surface area contributed by atoms with Gasteiger partial charge in [-0.15, -0.1) is 0 Å². The van der Waals surface area contributed by atoms with Crippen LogP contribution in [0.25, 0.3) is 0 Å². The quantitative estimate of drug-likeness (QED) is 0.794. The number of carboxylic acids is 1. The van der Waals surface area contributed by atoms with Crippen LogP contribution in [0.2, 0.25) is 0 Å². The molecule has 1 amide bonds. The van der Waals surface area contributed by atoms with Gasteiger partial charge >= 0.3 is 5.97 Å². The van der Waals surface area contributed by atoms with Crippen molar-refractivity contribution in [3.05, 3.63) is 17.5 Å². The minimum atomic E-state index is -1.08. The normalized spacial score (nSPS) is 13.0. The third-order valence-corrected chi connectivity index (χ3v) is 3.30. The standard InChI is InChI=1S/C15H25N3O4/c1-6-12-10(9-16-18(12)15(2,3)4)13(19)17-11(14(20)21)7-8-22-5/h9,11H,6-8H2,1-5H3,(H,17,19)(H,20,21). The van der Waals surface area contributed by atoms with E-state index >= 15 is 0 Å². The molecule has 1 aromatic rings.